The fraction of sp³-hybridized carbons (Fsp3) is 0.400. The minimum absolute atomic E-state index is 0.149. The Labute approximate surface area is 151 Å². The van der Waals surface area contributed by atoms with Gasteiger partial charge >= 0.3 is 18.2 Å². The molecule has 0 spiro atoms. The topological polar surface area (TPSA) is 77.1 Å². The maximum Gasteiger partial charge on any atom is 0.355 e. The highest BCUT2D eigenvalue weighted by Gasteiger charge is 2.28. The summed E-state index contributed by atoms with van der Waals surface area (Å²) < 4.78 is 27.0. The Bertz CT molecular complexity index is 851. The van der Waals surface area contributed by atoms with Gasteiger partial charge in [-0.15, -0.1) is 11.6 Å². The van der Waals surface area contributed by atoms with E-state index in [1.807, 2.05) is 0 Å². The first kappa shape index (κ1) is 19.4. The van der Waals surface area contributed by atoms with Crippen molar-refractivity contribution in [3.8, 4) is 5.69 Å². The van der Waals surface area contributed by atoms with E-state index in [0.717, 1.165) is 4.68 Å². The number of nitrogens with zero attached hydrogens (tertiary/aromatic N) is 3. The molecule has 0 fully saturated rings. The van der Waals surface area contributed by atoms with E-state index >= 15 is 0 Å². The van der Waals surface area contributed by atoms with Gasteiger partial charge in [0.05, 0.1) is 5.69 Å². The molecule has 0 radical (unpaired) electrons. The van der Waals surface area contributed by atoms with Gasteiger partial charge in [0, 0.05) is 10.9 Å². The molecule has 2 aromatic rings. The summed E-state index contributed by atoms with van der Waals surface area (Å²) >= 11 is 12.1. The molecule has 1 aromatic carbocycles. The van der Waals surface area contributed by atoms with Crippen LogP contribution < -0.4 is 5.69 Å². The molecule has 0 saturated heterocycles. The highest BCUT2D eigenvalue weighted by Crippen LogP contribution is 2.33. The molecule has 0 amide bonds. The zero-order chi connectivity index (χ0) is 18.9. The summed E-state index contributed by atoms with van der Waals surface area (Å²) in [5, 5.41) is 12.0. The number of carboxylic acid groups (broad SMARTS) is 1. The molecule has 1 heterocycles. The summed E-state index contributed by atoms with van der Waals surface area (Å²) in [7, 11) is 0. The Balaban J connectivity index is 2.58. The van der Waals surface area contributed by atoms with Crippen molar-refractivity contribution in [2.24, 2.45) is 0 Å². The summed E-state index contributed by atoms with van der Waals surface area (Å²) in [4.78, 5) is 23.3. The van der Waals surface area contributed by atoms with Crippen LogP contribution >= 0.6 is 23.2 Å². The van der Waals surface area contributed by atoms with Crippen molar-refractivity contribution in [1.29, 1.82) is 0 Å². The summed E-state index contributed by atoms with van der Waals surface area (Å²) in [6, 6.07) is 4.33. The van der Waals surface area contributed by atoms with E-state index in [9.17, 15) is 18.4 Å². The minimum Gasteiger partial charge on any atom is -0.480 e. The zero-order valence-corrected chi connectivity index (χ0v) is 14.8. The van der Waals surface area contributed by atoms with Gasteiger partial charge in [0.25, 0.3) is 0 Å². The van der Waals surface area contributed by atoms with Crippen molar-refractivity contribution in [1.82, 2.24) is 14.3 Å². The van der Waals surface area contributed by atoms with Crippen LogP contribution in [0.25, 0.3) is 5.69 Å². The SMILES string of the molecule is CCC(c1cc(-n2nc(C)n(C(F)F)c2=O)ccc1Cl)C(Cl)C(=O)O. The van der Waals surface area contributed by atoms with Gasteiger partial charge in [0.1, 0.15) is 11.2 Å². The van der Waals surface area contributed by atoms with E-state index in [0.29, 0.717) is 12.0 Å². The lowest BCUT2D eigenvalue weighted by Crippen LogP contribution is -2.25. The lowest BCUT2D eigenvalue weighted by Gasteiger charge is -2.20. The monoisotopic (exact) mass is 393 g/mol. The quantitative estimate of drug-likeness (QED) is 0.760. The number of alkyl halides is 3. The molecular formula is C15H15Cl2F2N3O3. The maximum absolute atomic E-state index is 12.9. The van der Waals surface area contributed by atoms with Crippen LogP contribution in [0.2, 0.25) is 5.02 Å². The number of halogens is 4. The molecular weight excluding hydrogens is 379 g/mol. The lowest BCUT2D eigenvalue weighted by atomic mass is 9.92. The van der Waals surface area contributed by atoms with Crippen molar-refractivity contribution in [2.45, 2.75) is 38.1 Å². The van der Waals surface area contributed by atoms with Crippen LogP contribution in [0, 0.1) is 6.92 Å². The fourth-order valence-corrected chi connectivity index (χ4v) is 3.14. The highest BCUT2D eigenvalue weighted by atomic mass is 35.5. The Morgan fingerprint density at radius 3 is 2.52 bits per heavy atom. The van der Waals surface area contributed by atoms with Gasteiger partial charge in [-0.05, 0) is 37.1 Å². The molecule has 2 unspecified atom stereocenters. The molecule has 1 aromatic heterocycles. The van der Waals surface area contributed by atoms with Crippen LogP contribution in [-0.4, -0.2) is 30.8 Å². The third kappa shape index (κ3) is 3.69. The number of carbonyl (C=O) groups is 1. The minimum atomic E-state index is -3.02. The van der Waals surface area contributed by atoms with E-state index in [1.54, 1.807) is 6.92 Å². The van der Waals surface area contributed by atoms with Crippen molar-refractivity contribution >= 4 is 29.2 Å². The number of carboxylic acids is 1. The molecule has 25 heavy (non-hydrogen) atoms. The average Bonchev–Trinajstić information content (AvgIpc) is 2.84. The average molecular weight is 394 g/mol. The molecule has 10 heteroatoms. The van der Waals surface area contributed by atoms with Crippen molar-refractivity contribution in [3.05, 3.63) is 45.1 Å². The molecule has 136 valence electrons. The maximum atomic E-state index is 12.9. The Morgan fingerprint density at radius 2 is 2.04 bits per heavy atom. The number of benzene rings is 1. The number of aryl methyl sites for hydroxylation is 1. The summed E-state index contributed by atoms with van der Waals surface area (Å²) in [5.41, 5.74) is -0.408. The lowest BCUT2D eigenvalue weighted by molar-refractivity contribution is -0.137. The molecule has 0 bridgehead atoms. The zero-order valence-electron chi connectivity index (χ0n) is 13.3. The summed E-state index contributed by atoms with van der Waals surface area (Å²) in [5.74, 6) is -1.98. The number of rotatable bonds is 6. The van der Waals surface area contributed by atoms with Crippen LogP contribution in [0.15, 0.2) is 23.0 Å². The molecule has 2 rings (SSSR count). The normalized spacial score (nSPS) is 13.9. The standard InChI is InChI=1S/C15H15Cl2F2N3O3/c1-3-9(12(17)13(23)24)10-6-8(4-5-11(10)16)22-15(25)21(14(18)19)7(2)20-22/h4-6,9,12,14H,3H2,1-2H3,(H,23,24). The third-order valence-electron chi connectivity index (χ3n) is 3.83. The van der Waals surface area contributed by atoms with E-state index < -0.39 is 29.5 Å². The highest BCUT2D eigenvalue weighted by molar-refractivity contribution is 6.32. The van der Waals surface area contributed by atoms with E-state index in [2.05, 4.69) is 5.10 Å². The first-order valence-electron chi connectivity index (χ1n) is 7.32. The number of aromatic nitrogens is 3. The van der Waals surface area contributed by atoms with Crippen LogP contribution in [0.4, 0.5) is 8.78 Å². The second kappa shape index (κ2) is 7.53. The second-order valence-electron chi connectivity index (χ2n) is 5.35. The van der Waals surface area contributed by atoms with Gasteiger partial charge < -0.3 is 5.11 Å². The van der Waals surface area contributed by atoms with Crippen LogP contribution in [0.1, 0.15) is 37.2 Å². The van der Waals surface area contributed by atoms with Gasteiger partial charge in [0.15, 0.2) is 0 Å². The smallest absolute Gasteiger partial charge is 0.355 e. The Hall–Kier alpha value is -1.93. The van der Waals surface area contributed by atoms with Crippen LogP contribution in [0.3, 0.4) is 0 Å². The van der Waals surface area contributed by atoms with Gasteiger partial charge in [-0.25, -0.2) is 9.36 Å². The van der Waals surface area contributed by atoms with Crippen LogP contribution in [-0.2, 0) is 4.79 Å². The Kier molecular flexibility index (Phi) is 5.84. The molecule has 0 aliphatic heterocycles. The van der Waals surface area contributed by atoms with Crippen molar-refractivity contribution < 1.29 is 18.7 Å². The Morgan fingerprint density at radius 1 is 1.40 bits per heavy atom. The van der Waals surface area contributed by atoms with Gasteiger partial charge in [-0.3, -0.25) is 4.79 Å². The van der Waals surface area contributed by atoms with Gasteiger partial charge in [-0.1, -0.05) is 18.5 Å². The predicted molar refractivity (Wildman–Crippen MR) is 89.1 cm³/mol. The molecule has 0 aliphatic carbocycles. The largest absolute Gasteiger partial charge is 0.480 e. The van der Waals surface area contributed by atoms with E-state index in [-0.39, 0.29) is 21.1 Å². The third-order valence-corrected chi connectivity index (χ3v) is 4.66. The van der Waals surface area contributed by atoms with Gasteiger partial charge in [0.2, 0.25) is 0 Å². The summed E-state index contributed by atoms with van der Waals surface area (Å²) in [6.07, 6.45) is 0.378. The number of aliphatic carboxylic acids is 1. The van der Waals surface area contributed by atoms with E-state index in [4.69, 9.17) is 28.3 Å². The van der Waals surface area contributed by atoms with Crippen molar-refractivity contribution in [2.75, 3.05) is 0 Å². The molecule has 2 atom stereocenters. The fourth-order valence-electron chi connectivity index (χ4n) is 2.57. The van der Waals surface area contributed by atoms with Gasteiger partial charge in [-0.2, -0.15) is 18.6 Å². The van der Waals surface area contributed by atoms with Crippen molar-refractivity contribution in [3.63, 3.8) is 0 Å². The molecule has 0 aliphatic rings. The first-order chi connectivity index (χ1) is 11.7. The van der Waals surface area contributed by atoms with E-state index in [1.165, 1.54) is 25.1 Å². The molecule has 0 saturated carbocycles. The van der Waals surface area contributed by atoms with Crippen LogP contribution in [0.5, 0.6) is 0 Å². The molecule has 6 nitrogen and oxygen atoms in total. The predicted octanol–water partition coefficient (Wildman–Crippen LogP) is 3.58. The first-order valence-corrected chi connectivity index (χ1v) is 8.13. The molecule has 1 N–H and O–H groups in total. The summed E-state index contributed by atoms with van der Waals surface area (Å²) in [6.45, 7) is 0.0126. The second-order valence-corrected chi connectivity index (χ2v) is 6.23. The number of hydrogen-bond acceptors (Lipinski definition) is 3. The number of hydrogen-bond donors (Lipinski definition) is 1.